The Hall–Kier alpha value is -2.44. The van der Waals surface area contributed by atoms with Gasteiger partial charge in [-0.05, 0) is 80.3 Å². The van der Waals surface area contributed by atoms with Gasteiger partial charge in [0.05, 0.1) is 10.6 Å². The topological polar surface area (TPSA) is 51.1 Å². The number of hydrogen-bond acceptors (Lipinski definition) is 3. The summed E-state index contributed by atoms with van der Waals surface area (Å²) in [5.41, 5.74) is 4.24. The van der Waals surface area contributed by atoms with Crippen LogP contribution in [0.1, 0.15) is 34.7 Å². The number of nitrogens with one attached hydrogen (secondary N) is 1. The molecule has 28 heavy (non-hydrogen) atoms. The summed E-state index contributed by atoms with van der Waals surface area (Å²) in [6.45, 7) is 3.67. The van der Waals surface area contributed by atoms with Gasteiger partial charge < -0.3 is 5.32 Å². The molecule has 1 N–H and O–H groups in total. The molecule has 2 aromatic carbocycles. The summed E-state index contributed by atoms with van der Waals surface area (Å²) >= 11 is 0. The molecule has 0 saturated heterocycles. The maximum atomic E-state index is 14.9. The average molecular weight is 399 g/mol. The number of rotatable bonds is 4. The molecule has 1 heterocycles. The highest BCUT2D eigenvalue weighted by Crippen LogP contribution is 2.41. The van der Waals surface area contributed by atoms with Gasteiger partial charge in [0.15, 0.2) is 0 Å². The monoisotopic (exact) mass is 398 g/mol. The maximum Gasteiger partial charge on any atom is 0.268 e. The van der Waals surface area contributed by atoms with Gasteiger partial charge in [0.25, 0.3) is 10.0 Å². The molecule has 0 amide bonds. The third-order valence-corrected chi connectivity index (χ3v) is 7.10. The molecule has 1 unspecified atom stereocenters. The first-order chi connectivity index (χ1) is 13.3. The molecule has 0 radical (unpaired) electrons. The van der Waals surface area contributed by atoms with Gasteiger partial charge in [-0.15, -0.1) is 0 Å². The molecule has 4 rings (SSSR count). The Bertz CT molecular complexity index is 1170. The molecule has 4 nitrogen and oxygen atoms in total. The minimum atomic E-state index is -3.85. The van der Waals surface area contributed by atoms with E-state index in [1.807, 2.05) is 33.0 Å². The smallest absolute Gasteiger partial charge is 0.268 e. The van der Waals surface area contributed by atoms with Crippen molar-refractivity contribution in [1.29, 1.82) is 0 Å². The average Bonchev–Trinajstić information content (AvgIpc) is 3.21. The van der Waals surface area contributed by atoms with E-state index >= 15 is 0 Å². The van der Waals surface area contributed by atoms with Crippen LogP contribution in [0.4, 0.5) is 4.39 Å². The zero-order valence-electron chi connectivity index (χ0n) is 16.2. The summed E-state index contributed by atoms with van der Waals surface area (Å²) in [5.74, 6) is -0.408. The molecular formula is C22H23FN2O2S. The van der Waals surface area contributed by atoms with Gasteiger partial charge in [-0.1, -0.05) is 18.2 Å². The number of halogens is 1. The molecule has 1 aromatic heterocycles. The Morgan fingerprint density at radius 3 is 2.54 bits per heavy atom. The van der Waals surface area contributed by atoms with Crippen molar-refractivity contribution in [2.45, 2.75) is 37.6 Å². The predicted molar refractivity (Wildman–Crippen MR) is 108 cm³/mol. The Labute approximate surface area is 165 Å². The largest absolute Gasteiger partial charge is 0.313 e. The van der Waals surface area contributed by atoms with Crippen molar-refractivity contribution in [3.63, 3.8) is 0 Å². The highest BCUT2D eigenvalue weighted by Gasteiger charge is 2.33. The normalized spacial score (nSPS) is 16.4. The number of benzene rings is 2. The molecule has 146 valence electrons. The first kappa shape index (κ1) is 18.9. The highest BCUT2D eigenvalue weighted by atomic mass is 32.2. The molecule has 1 atom stereocenters. The fourth-order valence-electron chi connectivity index (χ4n) is 4.02. The lowest BCUT2D eigenvalue weighted by Crippen LogP contribution is -2.16. The van der Waals surface area contributed by atoms with Crippen LogP contribution in [0.25, 0.3) is 11.3 Å². The summed E-state index contributed by atoms with van der Waals surface area (Å²) in [4.78, 5) is 0.205. The molecule has 1 aliphatic carbocycles. The standard InChI is InChI=1S/C22H23FN2O2S/c1-14-5-4-6-16(11-14)28(26,27)25-13-19-17(9-10-21(19)24-3)22(25)18-8-7-15(2)12-20(18)23/h4-8,11-13,21,24H,9-10H2,1-3H3. The zero-order chi connectivity index (χ0) is 20.1. The molecule has 1 aliphatic rings. The van der Waals surface area contributed by atoms with E-state index in [1.54, 1.807) is 30.5 Å². The molecule has 0 bridgehead atoms. The second-order valence-electron chi connectivity index (χ2n) is 7.39. The van der Waals surface area contributed by atoms with E-state index in [0.717, 1.165) is 28.7 Å². The summed E-state index contributed by atoms with van der Waals surface area (Å²) in [6.07, 6.45) is 3.24. The lowest BCUT2D eigenvalue weighted by Gasteiger charge is -2.14. The van der Waals surface area contributed by atoms with E-state index in [0.29, 0.717) is 17.7 Å². The zero-order valence-corrected chi connectivity index (χ0v) is 17.0. The van der Waals surface area contributed by atoms with Crippen LogP contribution in [-0.2, 0) is 16.4 Å². The Morgan fingerprint density at radius 2 is 1.86 bits per heavy atom. The van der Waals surface area contributed by atoms with Gasteiger partial charge in [-0.2, -0.15) is 0 Å². The summed E-state index contributed by atoms with van der Waals surface area (Å²) < 4.78 is 43.1. The van der Waals surface area contributed by atoms with E-state index in [2.05, 4.69) is 5.32 Å². The summed E-state index contributed by atoms with van der Waals surface area (Å²) in [7, 11) is -2.00. The second kappa shape index (κ2) is 6.87. The van der Waals surface area contributed by atoms with Crippen LogP contribution < -0.4 is 5.32 Å². The van der Waals surface area contributed by atoms with Gasteiger partial charge in [-0.3, -0.25) is 0 Å². The van der Waals surface area contributed by atoms with Gasteiger partial charge in [0.1, 0.15) is 5.82 Å². The molecule has 3 aromatic rings. The molecular weight excluding hydrogens is 375 g/mol. The fourth-order valence-corrected chi connectivity index (χ4v) is 5.53. The lowest BCUT2D eigenvalue weighted by molar-refractivity contribution is 0.578. The number of nitrogens with zero attached hydrogens (tertiary/aromatic N) is 1. The van der Waals surface area contributed by atoms with Crippen LogP contribution in [0.15, 0.2) is 53.6 Å². The Balaban J connectivity index is 2.00. The number of aromatic nitrogens is 1. The van der Waals surface area contributed by atoms with Crippen molar-refractivity contribution in [2.24, 2.45) is 0 Å². The van der Waals surface area contributed by atoms with Crippen molar-refractivity contribution < 1.29 is 12.8 Å². The van der Waals surface area contributed by atoms with Crippen molar-refractivity contribution in [3.8, 4) is 11.3 Å². The van der Waals surface area contributed by atoms with Gasteiger partial charge in [0.2, 0.25) is 0 Å². The van der Waals surface area contributed by atoms with E-state index in [-0.39, 0.29) is 10.9 Å². The number of aryl methyl sites for hydroxylation is 2. The van der Waals surface area contributed by atoms with Crippen molar-refractivity contribution >= 4 is 10.0 Å². The lowest BCUT2D eigenvalue weighted by atomic mass is 10.0. The van der Waals surface area contributed by atoms with Gasteiger partial charge in [-0.25, -0.2) is 16.8 Å². The van der Waals surface area contributed by atoms with Crippen molar-refractivity contribution in [3.05, 3.63) is 76.7 Å². The van der Waals surface area contributed by atoms with Crippen molar-refractivity contribution in [1.82, 2.24) is 9.29 Å². The van der Waals surface area contributed by atoms with Gasteiger partial charge >= 0.3 is 0 Å². The Kier molecular flexibility index (Phi) is 4.63. The SMILES string of the molecule is CNC1CCc2c1cn(S(=O)(=O)c1cccc(C)c1)c2-c1ccc(C)cc1F. The van der Waals surface area contributed by atoms with Gasteiger partial charge in [0, 0.05) is 17.8 Å². The third kappa shape index (κ3) is 2.97. The van der Waals surface area contributed by atoms with Crippen LogP contribution in [0.5, 0.6) is 0 Å². The quantitative estimate of drug-likeness (QED) is 0.711. The first-order valence-corrected chi connectivity index (χ1v) is 10.8. The predicted octanol–water partition coefficient (Wildman–Crippen LogP) is 4.35. The minimum Gasteiger partial charge on any atom is -0.313 e. The maximum absolute atomic E-state index is 14.9. The molecule has 0 spiro atoms. The minimum absolute atomic E-state index is 0.0659. The number of fused-ring (bicyclic) bond motifs is 1. The van der Waals surface area contributed by atoms with Crippen LogP contribution in [0.2, 0.25) is 0 Å². The van der Waals surface area contributed by atoms with E-state index in [9.17, 15) is 12.8 Å². The summed E-state index contributed by atoms with van der Waals surface area (Å²) in [6, 6.07) is 11.8. The van der Waals surface area contributed by atoms with E-state index in [1.165, 1.54) is 10.0 Å². The first-order valence-electron chi connectivity index (χ1n) is 9.33. The molecule has 6 heteroatoms. The van der Waals surface area contributed by atoms with E-state index in [4.69, 9.17) is 0 Å². The van der Waals surface area contributed by atoms with Crippen LogP contribution in [0.3, 0.4) is 0 Å². The highest BCUT2D eigenvalue weighted by molar-refractivity contribution is 7.90. The van der Waals surface area contributed by atoms with Crippen LogP contribution in [0, 0.1) is 19.7 Å². The van der Waals surface area contributed by atoms with Crippen LogP contribution in [-0.4, -0.2) is 19.4 Å². The molecule has 0 aliphatic heterocycles. The fraction of sp³-hybridized carbons (Fsp3) is 0.273. The Morgan fingerprint density at radius 1 is 1.11 bits per heavy atom. The molecule has 0 saturated carbocycles. The second-order valence-corrected chi connectivity index (χ2v) is 9.21. The van der Waals surface area contributed by atoms with Crippen molar-refractivity contribution in [2.75, 3.05) is 7.05 Å². The third-order valence-electron chi connectivity index (χ3n) is 5.44. The van der Waals surface area contributed by atoms with E-state index < -0.39 is 15.8 Å². The van der Waals surface area contributed by atoms with Crippen LogP contribution >= 0.6 is 0 Å². The number of hydrogen-bond donors (Lipinski definition) is 1. The molecule has 0 fully saturated rings. The summed E-state index contributed by atoms with van der Waals surface area (Å²) in [5, 5.41) is 3.23.